The minimum Gasteiger partial charge on any atom is -0.342 e. The van der Waals surface area contributed by atoms with E-state index in [2.05, 4.69) is 50.2 Å². The van der Waals surface area contributed by atoms with Crippen molar-refractivity contribution in [3.05, 3.63) is 167 Å². The highest BCUT2D eigenvalue weighted by Gasteiger charge is 2.32. The molecule has 0 unspecified atom stereocenters. The maximum atomic E-state index is 14.2. The fourth-order valence-corrected chi connectivity index (χ4v) is 7.04. The summed E-state index contributed by atoms with van der Waals surface area (Å²) in [5.41, 5.74) is 4.91. The van der Waals surface area contributed by atoms with Crippen molar-refractivity contribution in [2.24, 2.45) is 4.99 Å². The molecule has 7 rings (SSSR count). The number of para-hydroxylation sites is 2. The number of carbonyl (C=O) groups excluding carboxylic acids is 1. The van der Waals surface area contributed by atoms with Gasteiger partial charge in [0.2, 0.25) is 0 Å². The molecule has 1 N–H and O–H groups in total. The molecule has 6 aromatic rings. The minimum absolute atomic E-state index is 0.268. The molecule has 45 heavy (non-hydrogen) atoms. The molecule has 0 saturated carbocycles. The lowest BCUT2D eigenvalue weighted by Crippen LogP contribution is -2.40. The monoisotopic (exact) mass is 676 g/mol. The summed E-state index contributed by atoms with van der Waals surface area (Å²) in [6.07, 6.45) is 3.96. The summed E-state index contributed by atoms with van der Waals surface area (Å²) in [4.78, 5) is 33.2. The van der Waals surface area contributed by atoms with Gasteiger partial charge in [-0.3, -0.25) is 14.2 Å². The predicted molar refractivity (Wildman–Crippen MR) is 180 cm³/mol. The van der Waals surface area contributed by atoms with E-state index < -0.39 is 11.9 Å². The second kappa shape index (κ2) is 11.9. The van der Waals surface area contributed by atoms with Crippen LogP contribution < -0.4 is 20.2 Å². The van der Waals surface area contributed by atoms with Crippen molar-refractivity contribution < 1.29 is 9.18 Å². The molecular weight excluding hydrogens is 651 g/mol. The van der Waals surface area contributed by atoms with Crippen molar-refractivity contribution in [1.29, 1.82) is 0 Å². The average molecular weight is 678 g/mol. The second-order valence-corrected chi connectivity index (χ2v) is 12.7. The first-order chi connectivity index (χ1) is 21.9. The van der Waals surface area contributed by atoms with Crippen LogP contribution in [-0.2, 0) is 11.3 Å². The van der Waals surface area contributed by atoms with Crippen molar-refractivity contribution in [3.8, 4) is 0 Å². The first-order valence-corrected chi connectivity index (χ1v) is 15.9. The van der Waals surface area contributed by atoms with E-state index in [9.17, 15) is 14.0 Å². The number of hydrogen-bond donors (Lipinski definition) is 1. The van der Waals surface area contributed by atoms with Crippen LogP contribution in [-0.4, -0.2) is 15.0 Å². The van der Waals surface area contributed by atoms with Gasteiger partial charge in [0.25, 0.3) is 11.5 Å². The smallest absolute Gasteiger partial charge is 0.271 e. The van der Waals surface area contributed by atoms with Crippen molar-refractivity contribution in [1.82, 2.24) is 9.13 Å². The highest BCUT2D eigenvalue weighted by molar-refractivity contribution is 9.10. The van der Waals surface area contributed by atoms with Crippen molar-refractivity contribution in [3.63, 3.8) is 0 Å². The van der Waals surface area contributed by atoms with Gasteiger partial charge in [0.05, 0.1) is 21.8 Å². The number of amides is 1. The lowest BCUT2D eigenvalue weighted by atomic mass is 9.95. The van der Waals surface area contributed by atoms with Crippen LogP contribution in [0, 0.1) is 5.82 Å². The standard InChI is InChI=1S/C36H26BrFN4O2S/c1-22-32(34(43)40-28-7-3-2-4-8-28)33(24-13-17-27(38)18-14-24)42-35(44)31(45-36(42)39-22)19-25-21-41(30-10-6-5-9-29(25)30)20-23-11-15-26(37)16-12-23/h2-19,21,33H,20H2,1H3,(H,40,43)/b31-19+/t33-/m0/s1. The molecule has 0 saturated heterocycles. The lowest BCUT2D eigenvalue weighted by Gasteiger charge is -2.25. The SMILES string of the molecule is CC1=C(C(=O)Nc2ccccc2)[C@H](c2ccc(F)cc2)n2c(s/c(=C/c3cn(Cc4ccc(Br)cc4)c4ccccc34)c2=O)=N1. The summed E-state index contributed by atoms with van der Waals surface area (Å²) in [6.45, 7) is 2.44. The molecule has 0 spiro atoms. The molecule has 1 amide bonds. The van der Waals surface area contributed by atoms with Gasteiger partial charge in [-0.05, 0) is 66.6 Å². The van der Waals surface area contributed by atoms with E-state index in [1.165, 1.54) is 23.5 Å². The Kier molecular flexibility index (Phi) is 7.64. The fraction of sp³-hybridized carbons (Fsp3) is 0.0833. The Bertz CT molecular complexity index is 2290. The topological polar surface area (TPSA) is 68.4 Å². The summed E-state index contributed by atoms with van der Waals surface area (Å²) < 4.78 is 19.2. The zero-order chi connectivity index (χ0) is 31.1. The third-order valence-electron chi connectivity index (χ3n) is 7.86. The average Bonchev–Trinajstić information content (AvgIpc) is 3.54. The number of benzene rings is 4. The first kappa shape index (κ1) is 28.9. The number of fused-ring (bicyclic) bond motifs is 2. The molecule has 0 bridgehead atoms. The second-order valence-electron chi connectivity index (χ2n) is 10.8. The number of aromatic nitrogens is 2. The summed E-state index contributed by atoms with van der Waals surface area (Å²) >= 11 is 4.78. The molecule has 3 heterocycles. The molecule has 1 aliphatic rings. The highest BCUT2D eigenvalue weighted by Crippen LogP contribution is 2.31. The molecule has 0 fully saturated rings. The zero-order valence-electron chi connectivity index (χ0n) is 24.1. The van der Waals surface area contributed by atoms with Crippen molar-refractivity contribution in [2.45, 2.75) is 19.5 Å². The summed E-state index contributed by atoms with van der Waals surface area (Å²) in [5.74, 6) is -0.774. The van der Waals surface area contributed by atoms with Crippen molar-refractivity contribution >= 4 is 55.8 Å². The van der Waals surface area contributed by atoms with Crippen LogP contribution in [0.15, 0.2) is 135 Å². The fourth-order valence-electron chi connectivity index (χ4n) is 5.74. The number of carbonyl (C=O) groups is 1. The van der Waals surface area contributed by atoms with Crippen LogP contribution in [0.3, 0.4) is 0 Å². The number of nitrogens with one attached hydrogen (secondary N) is 1. The van der Waals surface area contributed by atoms with Crippen LogP contribution >= 0.6 is 27.3 Å². The molecule has 2 aromatic heterocycles. The van der Waals surface area contributed by atoms with Gasteiger partial charge in [-0.1, -0.05) is 87.9 Å². The maximum absolute atomic E-state index is 14.2. The van der Waals surface area contributed by atoms with E-state index >= 15 is 0 Å². The van der Waals surface area contributed by atoms with E-state index in [0.717, 1.165) is 26.5 Å². The molecule has 1 atom stereocenters. The number of anilines is 1. The van der Waals surface area contributed by atoms with Gasteiger partial charge in [-0.15, -0.1) is 0 Å². The number of thiazole rings is 1. The highest BCUT2D eigenvalue weighted by atomic mass is 79.9. The van der Waals surface area contributed by atoms with E-state index in [-0.39, 0.29) is 11.5 Å². The Morgan fingerprint density at radius 1 is 0.978 bits per heavy atom. The summed E-state index contributed by atoms with van der Waals surface area (Å²) in [6, 6.07) is 30.6. The third kappa shape index (κ3) is 5.61. The Morgan fingerprint density at radius 3 is 2.44 bits per heavy atom. The molecule has 9 heteroatoms. The van der Waals surface area contributed by atoms with E-state index in [4.69, 9.17) is 4.99 Å². The van der Waals surface area contributed by atoms with Gasteiger partial charge < -0.3 is 9.88 Å². The van der Waals surface area contributed by atoms with Gasteiger partial charge >= 0.3 is 0 Å². The zero-order valence-corrected chi connectivity index (χ0v) is 26.5. The van der Waals surface area contributed by atoms with Gasteiger partial charge in [-0.2, -0.15) is 0 Å². The first-order valence-electron chi connectivity index (χ1n) is 14.3. The lowest BCUT2D eigenvalue weighted by molar-refractivity contribution is -0.113. The number of allylic oxidation sites excluding steroid dienone is 1. The van der Waals surface area contributed by atoms with Crippen LogP contribution in [0.25, 0.3) is 17.0 Å². The Labute approximate surface area is 270 Å². The van der Waals surface area contributed by atoms with Gasteiger partial charge in [0.15, 0.2) is 4.80 Å². The Hall–Kier alpha value is -4.86. The van der Waals surface area contributed by atoms with Crippen molar-refractivity contribution in [2.75, 3.05) is 5.32 Å². The molecule has 6 nitrogen and oxygen atoms in total. The van der Waals surface area contributed by atoms with Crippen LogP contribution in [0.4, 0.5) is 10.1 Å². The molecule has 0 aliphatic carbocycles. The van der Waals surface area contributed by atoms with E-state index in [1.54, 1.807) is 35.8 Å². The Morgan fingerprint density at radius 2 is 1.69 bits per heavy atom. The number of hydrogen-bond acceptors (Lipinski definition) is 4. The quantitative estimate of drug-likeness (QED) is 0.211. The van der Waals surface area contributed by atoms with Crippen LogP contribution in [0.1, 0.15) is 29.7 Å². The maximum Gasteiger partial charge on any atom is 0.271 e. The molecule has 1 aliphatic heterocycles. The minimum atomic E-state index is -0.786. The largest absolute Gasteiger partial charge is 0.342 e. The molecule has 4 aromatic carbocycles. The van der Waals surface area contributed by atoms with E-state index in [0.29, 0.717) is 38.4 Å². The normalized spacial score (nSPS) is 14.8. The Balaban J connectivity index is 1.35. The number of nitrogens with zero attached hydrogens (tertiary/aromatic N) is 3. The van der Waals surface area contributed by atoms with Crippen LogP contribution in [0.2, 0.25) is 0 Å². The van der Waals surface area contributed by atoms with Gasteiger partial charge in [-0.25, -0.2) is 9.38 Å². The number of halogens is 2. The third-order valence-corrected chi connectivity index (χ3v) is 9.37. The number of rotatable bonds is 6. The summed E-state index contributed by atoms with van der Waals surface area (Å²) in [7, 11) is 0. The van der Waals surface area contributed by atoms with Gasteiger partial charge in [0, 0.05) is 39.4 Å². The predicted octanol–water partition coefficient (Wildman–Crippen LogP) is 6.78. The van der Waals surface area contributed by atoms with Crippen LogP contribution in [0.5, 0.6) is 0 Å². The summed E-state index contributed by atoms with van der Waals surface area (Å²) in [5, 5.41) is 3.96. The van der Waals surface area contributed by atoms with E-state index in [1.807, 2.05) is 54.6 Å². The molecule has 0 radical (unpaired) electrons. The van der Waals surface area contributed by atoms with Gasteiger partial charge in [0.1, 0.15) is 5.82 Å². The molecular formula is C36H26BrFN4O2S. The molecule has 222 valence electrons.